The number of carbonyl (C=O) groups is 2. The van der Waals surface area contributed by atoms with Crippen LogP contribution in [0.4, 0.5) is 49.4 Å². The number of hydrogen-bond acceptors (Lipinski definition) is 10. The van der Waals surface area contributed by atoms with Gasteiger partial charge in [0.15, 0.2) is 0 Å². The quantitative estimate of drug-likeness (QED) is 0.128. The number of anilines is 4. The molecule has 2 aromatic heterocycles. The molecule has 2 fully saturated rings. The van der Waals surface area contributed by atoms with Gasteiger partial charge in [-0.25, -0.2) is 9.97 Å². The van der Waals surface area contributed by atoms with E-state index in [1.807, 2.05) is 64.1 Å². The van der Waals surface area contributed by atoms with Crippen molar-refractivity contribution in [1.29, 1.82) is 0 Å². The van der Waals surface area contributed by atoms with Crippen molar-refractivity contribution in [3.05, 3.63) is 144 Å². The Balaban J connectivity index is 0.000000206. The van der Waals surface area contributed by atoms with Crippen LogP contribution in [-0.4, -0.2) is 85.1 Å². The van der Waals surface area contributed by atoms with Crippen molar-refractivity contribution in [2.75, 3.05) is 46.6 Å². The van der Waals surface area contributed by atoms with Crippen molar-refractivity contribution in [1.82, 2.24) is 9.97 Å². The predicted octanol–water partition coefficient (Wildman–Crippen LogP) is 11.6. The summed E-state index contributed by atoms with van der Waals surface area (Å²) in [7, 11) is 0. The van der Waals surface area contributed by atoms with Crippen molar-refractivity contribution < 1.29 is 54.9 Å². The molecule has 4 atom stereocenters. The smallest absolute Gasteiger partial charge is 0.406 e. The third-order valence-corrected chi connectivity index (χ3v) is 11.5. The van der Waals surface area contributed by atoms with Gasteiger partial charge >= 0.3 is 12.7 Å². The number of ether oxygens (including phenoxy) is 4. The monoisotopic (exact) mass is 970 g/mol. The van der Waals surface area contributed by atoms with E-state index in [-0.39, 0.29) is 47.7 Å². The second-order valence-electron chi connectivity index (χ2n) is 17.1. The Morgan fingerprint density at radius 3 is 1.17 bits per heavy atom. The number of carbonyl (C=O) groups excluding carboxylic acids is 2. The van der Waals surface area contributed by atoms with Gasteiger partial charge in [-0.1, -0.05) is 48.5 Å². The number of morpholine rings is 2. The molecule has 18 heteroatoms. The minimum atomic E-state index is -4.75. The van der Waals surface area contributed by atoms with E-state index in [1.165, 1.54) is 48.5 Å². The number of alkyl halides is 6. The van der Waals surface area contributed by atoms with E-state index in [2.05, 4.69) is 39.9 Å². The van der Waals surface area contributed by atoms with E-state index in [9.17, 15) is 35.9 Å². The zero-order valence-electron chi connectivity index (χ0n) is 39.2. The topological polar surface area (TPSA) is 127 Å². The van der Waals surface area contributed by atoms with Gasteiger partial charge in [0.1, 0.15) is 23.1 Å². The van der Waals surface area contributed by atoms with Gasteiger partial charge in [0.25, 0.3) is 11.8 Å². The van der Waals surface area contributed by atoms with E-state index in [1.54, 1.807) is 50.5 Å². The largest absolute Gasteiger partial charge is 0.573 e. The number of rotatable bonds is 10. The molecule has 368 valence electrons. The van der Waals surface area contributed by atoms with E-state index in [4.69, 9.17) is 9.47 Å². The summed E-state index contributed by atoms with van der Waals surface area (Å²) in [5, 5.41) is 5.74. The van der Waals surface area contributed by atoms with Gasteiger partial charge < -0.3 is 39.4 Å². The molecule has 0 aliphatic carbocycles. The van der Waals surface area contributed by atoms with Crippen LogP contribution >= 0.6 is 0 Å². The third-order valence-electron chi connectivity index (χ3n) is 11.5. The molecule has 4 aromatic carbocycles. The fourth-order valence-electron chi connectivity index (χ4n) is 8.48. The van der Waals surface area contributed by atoms with Crippen LogP contribution in [0.25, 0.3) is 22.3 Å². The Morgan fingerprint density at radius 2 is 0.871 bits per heavy atom. The number of amides is 2. The van der Waals surface area contributed by atoms with Crippen molar-refractivity contribution in [2.24, 2.45) is 0 Å². The van der Waals surface area contributed by atoms with Crippen LogP contribution in [0.15, 0.2) is 122 Å². The highest BCUT2D eigenvalue weighted by atomic mass is 19.4. The molecule has 6 aromatic rings. The molecule has 2 saturated heterocycles. The molecule has 4 heterocycles. The van der Waals surface area contributed by atoms with Crippen LogP contribution < -0.4 is 29.9 Å². The second-order valence-corrected chi connectivity index (χ2v) is 17.1. The zero-order valence-corrected chi connectivity index (χ0v) is 39.2. The van der Waals surface area contributed by atoms with Crippen LogP contribution in [0.3, 0.4) is 0 Å². The van der Waals surface area contributed by atoms with Crippen LogP contribution in [-0.2, 0) is 9.47 Å². The summed E-state index contributed by atoms with van der Waals surface area (Å²) in [6.45, 7) is 14.7. The maximum Gasteiger partial charge on any atom is 0.573 e. The van der Waals surface area contributed by atoms with Gasteiger partial charge in [0, 0.05) is 37.3 Å². The lowest BCUT2D eigenvalue weighted by atomic mass is 9.96. The zero-order chi connectivity index (χ0) is 50.3. The summed E-state index contributed by atoms with van der Waals surface area (Å²) in [4.78, 5) is 39.3. The SMILES string of the molecule is Cc1c(C(=O)Nc2ccc(N3C[C@@H](C)O[C@@H](C)C3)nc2)cccc1-c1ccc(OC(F)(F)F)cc1.Cc1c(C(=O)Nc2ccc(N3C[C@@H](C)O[C@@H](C)C3)nc2)cccc1-c1ccc(OC(F)(F)F)cc1. The number of aromatic nitrogens is 2. The van der Waals surface area contributed by atoms with Crippen molar-refractivity contribution in [3.8, 4) is 33.8 Å². The second kappa shape index (κ2) is 21.6. The standard InChI is InChI=1S/2C26H26F3N3O3/c2*1-16-14-32(15-17(2)34-16)24-12-9-20(13-30-24)31-25(33)23-6-4-5-22(18(23)3)19-7-10-21(11-8-19)35-26(27,28)29/h2*4-13,16-17H,14-15H2,1-3H3,(H,31,33)/t2*16-,17+. The van der Waals surface area contributed by atoms with Crippen LogP contribution in [0.1, 0.15) is 59.5 Å². The average molecular weight is 971 g/mol. The molecule has 8 rings (SSSR count). The first-order valence-electron chi connectivity index (χ1n) is 22.4. The first-order valence-corrected chi connectivity index (χ1v) is 22.4. The summed E-state index contributed by atoms with van der Waals surface area (Å²) in [5.41, 5.74) is 6.26. The van der Waals surface area contributed by atoms with Gasteiger partial charge in [0.05, 0.1) is 48.2 Å². The first-order chi connectivity index (χ1) is 33.2. The minimum absolute atomic E-state index is 0.114. The molecule has 2 N–H and O–H groups in total. The average Bonchev–Trinajstić information content (AvgIpc) is 3.29. The van der Waals surface area contributed by atoms with Gasteiger partial charge in [-0.15, -0.1) is 26.3 Å². The van der Waals surface area contributed by atoms with Gasteiger partial charge in [0.2, 0.25) is 0 Å². The highest BCUT2D eigenvalue weighted by Crippen LogP contribution is 2.32. The Kier molecular flexibility index (Phi) is 15.7. The molecule has 2 aliphatic heterocycles. The van der Waals surface area contributed by atoms with Gasteiger partial charge in [-0.05, 0) is 136 Å². The number of nitrogens with one attached hydrogen (secondary N) is 2. The number of benzene rings is 4. The van der Waals surface area contributed by atoms with Gasteiger partial charge in [-0.3, -0.25) is 9.59 Å². The Hall–Kier alpha value is -7.18. The van der Waals surface area contributed by atoms with E-state index < -0.39 is 12.7 Å². The molecule has 0 unspecified atom stereocenters. The third kappa shape index (κ3) is 13.5. The fraction of sp³-hybridized carbons (Fsp3) is 0.308. The summed E-state index contributed by atoms with van der Waals surface area (Å²) >= 11 is 0. The van der Waals surface area contributed by atoms with Crippen LogP contribution in [0, 0.1) is 13.8 Å². The van der Waals surface area contributed by atoms with Crippen molar-refractivity contribution in [2.45, 2.75) is 78.7 Å². The molecular weight excluding hydrogens is 919 g/mol. The molecule has 0 bridgehead atoms. The lowest BCUT2D eigenvalue weighted by molar-refractivity contribution is -0.275. The summed E-state index contributed by atoms with van der Waals surface area (Å²) in [6, 6.07) is 29.0. The van der Waals surface area contributed by atoms with E-state index >= 15 is 0 Å². The van der Waals surface area contributed by atoms with E-state index in [0.717, 1.165) is 48.9 Å². The maximum absolute atomic E-state index is 13.0. The molecule has 0 saturated carbocycles. The van der Waals surface area contributed by atoms with E-state index in [0.29, 0.717) is 44.8 Å². The molecule has 12 nitrogen and oxygen atoms in total. The Bertz CT molecular complexity index is 2530. The predicted molar refractivity (Wildman–Crippen MR) is 255 cm³/mol. The van der Waals surface area contributed by atoms with Gasteiger partial charge in [-0.2, -0.15) is 0 Å². The molecule has 0 spiro atoms. The van der Waals surface area contributed by atoms with Crippen molar-refractivity contribution in [3.63, 3.8) is 0 Å². The summed E-state index contributed by atoms with van der Waals surface area (Å²) in [6.07, 6.45) is -5.80. The highest BCUT2D eigenvalue weighted by molar-refractivity contribution is 6.07. The van der Waals surface area contributed by atoms with Crippen LogP contribution in [0.5, 0.6) is 11.5 Å². The lowest BCUT2D eigenvalue weighted by Gasteiger charge is -2.36. The number of pyridine rings is 2. The van der Waals surface area contributed by atoms with Crippen LogP contribution in [0.2, 0.25) is 0 Å². The molecule has 2 amide bonds. The molecule has 70 heavy (non-hydrogen) atoms. The summed E-state index contributed by atoms with van der Waals surface area (Å²) < 4.78 is 93.9. The highest BCUT2D eigenvalue weighted by Gasteiger charge is 2.32. The minimum Gasteiger partial charge on any atom is -0.406 e. The summed E-state index contributed by atoms with van der Waals surface area (Å²) in [5.74, 6) is 0.436. The fourth-order valence-corrected chi connectivity index (χ4v) is 8.48. The number of nitrogens with zero attached hydrogens (tertiary/aromatic N) is 4. The Labute approximate surface area is 401 Å². The van der Waals surface area contributed by atoms with Crippen molar-refractivity contribution >= 4 is 34.8 Å². The lowest BCUT2D eigenvalue weighted by Crippen LogP contribution is -2.45. The molecule has 0 radical (unpaired) electrons. The number of hydrogen-bond donors (Lipinski definition) is 2. The Morgan fingerprint density at radius 1 is 0.529 bits per heavy atom. The normalized spacial score (nSPS) is 18.3. The first kappa shape index (κ1) is 50.7. The number of halogens is 6. The maximum atomic E-state index is 13.0. The molecule has 2 aliphatic rings. The molecular formula is C52H52F6N6O6.